The monoisotopic (exact) mass is 603 g/mol. The first-order chi connectivity index (χ1) is 19.5. The molecule has 3 N–H and O–H groups in total. The van der Waals surface area contributed by atoms with Crippen LogP contribution in [0.5, 0.6) is 0 Å². The first-order valence-corrected chi connectivity index (χ1v) is 15.1. The van der Waals surface area contributed by atoms with Crippen LogP contribution in [0.4, 0.5) is 0 Å². The molecule has 0 saturated carbocycles. The van der Waals surface area contributed by atoms with Gasteiger partial charge in [0, 0.05) is 48.4 Å². The number of aryl methyl sites for hydroxylation is 1. The van der Waals surface area contributed by atoms with Gasteiger partial charge in [-0.1, -0.05) is 29.4 Å². The van der Waals surface area contributed by atoms with E-state index in [2.05, 4.69) is 25.6 Å². The smallest absolute Gasteiger partial charge is 0.247 e. The van der Waals surface area contributed by atoms with Crippen LogP contribution in [0.15, 0.2) is 34.9 Å². The number of rotatable bonds is 14. The van der Waals surface area contributed by atoms with Gasteiger partial charge in [-0.2, -0.15) is 11.8 Å². The summed E-state index contributed by atoms with van der Waals surface area (Å²) in [5.41, 5.74) is 13.1. The summed E-state index contributed by atoms with van der Waals surface area (Å²) in [5.74, 6) is -0.637. The van der Waals surface area contributed by atoms with Crippen LogP contribution < -0.4 is 10.6 Å². The lowest BCUT2D eigenvalue weighted by Crippen LogP contribution is -2.59. The maximum absolute atomic E-state index is 13.8. The molecule has 3 atom stereocenters. The third-order valence-electron chi connectivity index (χ3n) is 6.68. The van der Waals surface area contributed by atoms with Crippen molar-refractivity contribution in [1.82, 2.24) is 20.5 Å². The molecule has 1 aromatic carbocycles. The van der Waals surface area contributed by atoms with Crippen molar-refractivity contribution >= 4 is 40.8 Å². The van der Waals surface area contributed by atoms with Crippen LogP contribution in [0.1, 0.15) is 38.4 Å². The fraction of sp³-hybridized carbons (Fsp3) is 0.556. The van der Waals surface area contributed by atoms with Crippen molar-refractivity contribution in [1.29, 1.82) is 0 Å². The zero-order chi connectivity index (χ0) is 30.0. The number of aliphatic hydroxyl groups excluding tert-OH is 1. The Bertz CT molecular complexity index is 1250. The minimum absolute atomic E-state index is 0.000823. The number of aromatic nitrogens is 1. The zero-order valence-electron chi connectivity index (χ0n) is 23.7. The van der Waals surface area contributed by atoms with E-state index in [9.17, 15) is 19.5 Å². The highest BCUT2D eigenvalue weighted by atomic mass is 32.2. The number of azide groups is 1. The number of β-amino-alcohol motifs (C(OH)–C–C–N with tert-alkyl or cyclic N) is 1. The highest BCUT2D eigenvalue weighted by molar-refractivity contribution is 8.00. The van der Waals surface area contributed by atoms with Gasteiger partial charge < -0.3 is 25.4 Å². The Morgan fingerprint density at radius 1 is 1.32 bits per heavy atom. The molecular weight excluding hydrogens is 566 g/mol. The van der Waals surface area contributed by atoms with Gasteiger partial charge in [0.15, 0.2) is 0 Å². The summed E-state index contributed by atoms with van der Waals surface area (Å²) < 4.78 is 4.71. The number of hydrogen-bond donors (Lipinski definition) is 3. The average molecular weight is 604 g/mol. The molecule has 0 bridgehead atoms. The first kappa shape index (κ1) is 32.4. The molecule has 0 radical (unpaired) electrons. The van der Waals surface area contributed by atoms with E-state index in [-0.39, 0.29) is 44.5 Å². The summed E-state index contributed by atoms with van der Waals surface area (Å²) in [6, 6.07) is 6.05. The largest absolute Gasteiger partial charge is 0.391 e. The number of ether oxygens (including phenoxy) is 1. The van der Waals surface area contributed by atoms with Crippen molar-refractivity contribution in [3.8, 4) is 10.4 Å². The van der Waals surface area contributed by atoms with Crippen molar-refractivity contribution in [3.63, 3.8) is 0 Å². The van der Waals surface area contributed by atoms with E-state index in [1.54, 1.807) is 11.3 Å². The van der Waals surface area contributed by atoms with Gasteiger partial charge >= 0.3 is 0 Å². The molecule has 41 heavy (non-hydrogen) atoms. The van der Waals surface area contributed by atoms with E-state index >= 15 is 0 Å². The van der Waals surface area contributed by atoms with E-state index in [0.29, 0.717) is 12.4 Å². The lowest BCUT2D eigenvalue weighted by atomic mass is 10.0. The maximum atomic E-state index is 13.8. The molecule has 0 unspecified atom stereocenters. The highest BCUT2D eigenvalue weighted by Crippen LogP contribution is 2.31. The van der Waals surface area contributed by atoms with Crippen LogP contribution in [0.2, 0.25) is 0 Å². The van der Waals surface area contributed by atoms with Crippen molar-refractivity contribution in [2.24, 2.45) is 5.11 Å². The molecule has 2 aromatic rings. The number of thioether (sulfide) groups is 1. The summed E-state index contributed by atoms with van der Waals surface area (Å²) in [4.78, 5) is 48.5. The number of nitrogens with zero attached hydrogens (tertiary/aromatic N) is 5. The van der Waals surface area contributed by atoms with Crippen LogP contribution in [0.25, 0.3) is 20.9 Å². The van der Waals surface area contributed by atoms with Gasteiger partial charge in [0.05, 0.1) is 35.4 Å². The van der Waals surface area contributed by atoms with Gasteiger partial charge in [-0.3, -0.25) is 14.4 Å². The zero-order valence-corrected chi connectivity index (χ0v) is 25.3. The minimum Gasteiger partial charge on any atom is -0.391 e. The molecule has 1 aliphatic heterocycles. The number of hydrogen-bond acceptors (Lipinski definition) is 9. The number of carbonyl (C=O) groups excluding carboxylic acids is 3. The average Bonchev–Trinajstić information content (AvgIpc) is 3.55. The van der Waals surface area contributed by atoms with Crippen LogP contribution in [-0.4, -0.2) is 87.7 Å². The topological polar surface area (TPSA) is 170 Å². The molecular formula is C27H37N7O5S2. The summed E-state index contributed by atoms with van der Waals surface area (Å²) >= 11 is 3.01. The van der Waals surface area contributed by atoms with Gasteiger partial charge in [-0.15, -0.1) is 11.3 Å². The van der Waals surface area contributed by atoms with Crippen LogP contribution in [0.3, 0.4) is 0 Å². The lowest BCUT2D eigenvalue weighted by molar-refractivity contribution is -0.142. The summed E-state index contributed by atoms with van der Waals surface area (Å²) in [7, 11) is 0. The molecule has 1 aliphatic rings. The Kier molecular flexibility index (Phi) is 12.0. The normalized spacial score (nSPS) is 17.5. The number of likely N-dealkylation sites (tertiary alicyclic amines) is 1. The fourth-order valence-corrected chi connectivity index (χ4v) is 6.43. The van der Waals surface area contributed by atoms with Crippen molar-refractivity contribution in [3.05, 3.63) is 51.5 Å². The number of nitrogens with one attached hydrogen (secondary N) is 2. The molecule has 3 rings (SSSR count). The second kappa shape index (κ2) is 15.2. The number of carbonyl (C=O) groups is 3. The quantitative estimate of drug-likeness (QED) is 0.129. The molecule has 14 heteroatoms. The summed E-state index contributed by atoms with van der Waals surface area (Å²) in [5, 5.41) is 19.5. The molecule has 222 valence electrons. The Morgan fingerprint density at radius 2 is 2.05 bits per heavy atom. The molecule has 0 spiro atoms. The SMILES string of the molecule is CC(=O)N[C@H](C(=O)N1C[C@H](O)C[C@H]1C(=O)NCc1ccc(-c2scnc2C)cc1)C(C)(C)SCCOCCN=[N+]=[N-]. The third kappa shape index (κ3) is 9.17. The van der Waals surface area contributed by atoms with Crippen molar-refractivity contribution in [2.75, 3.05) is 32.1 Å². The van der Waals surface area contributed by atoms with E-state index in [1.165, 1.54) is 23.6 Å². The van der Waals surface area contributed by atoms with Crippen LogP contribution in [0, 0.1) is 6.92 Å². The standard InChI is InChI=1S/C27H37N7O5S2/c1-17-23(40-16-30-17)20-7-5-19(6-8-20)14-29-25(37)22-13-21(36)15-34(22)26(38)24(32-18(2)35)27(3,4)41-12-11-39-10-9-31-33-28/h5-8,16,21-22,24,36H,9-15H2,1-4H3,(H,29,37)(H,32,35)/t21-,22+,24-/m1/s1. The van der Waals surface area contributed by atoms with Crippen LogP contribution >= 0.6 is 23.1 Å². The second-order valence-corrected chi connectivity index (χ2v) is 12.8. The van der Waals surface area contributed by atoms with E-state index < -0.39 is 28.8 Å². The third-order valence-corrected chi connectivity index (χ3v) is 9.01. The Morgan fingerprint density at radius 3 is 2.68 bits per heavy atom. The number of benzene rings is 1. The molecule has 0 aliphatic carbocycles. The van der Waals surface area contributed by atoms with Crippen LogP contribution in [-0.2, 0) is 25.7 Å². The number of aliphatic hydroxyl groups is 1. The minimum atomic E-state index is -0.934. The Hall–Kier alpha value is -3.16. The van der Waals surface area contributed by atoms with Gasteiger partial charge in [0.1, 0.15) is 12.1 Å². The molecule has 1 aromatic heterocycles. The summed E-state index contributed by atoms with van der Waals surface area (Å²) in [6.45, 7) is 8.14. The lowest BCUT2D eigenvalue weighted by Gasteiger charge is -2.37. The molecule has 3 amide bonds. The molecule has 12 nitrogen and oxygen atoms in total. The van der Waals surface area contributed by atoms with Crippen molar-refractivity contribution < 1.29 is 24.2 Å². The molecule has 1 saturated heterocycles. The van der Waals surface area contributed by atoms with E-state index in [4.69, 9.17) is 10.3 Å². The van der Waals surface area contributed by atoms with Crippen molar-refractivity contribution in [2.45, 2.75) is 63.6 Å². The molecule has 2 heterocycles. The Balaban J connectivity index is 1.63. The Labute approximate surface area is 247 Å². The number of amides is 3. The predicted octanol–water partition coefficient (Wildman–Crippen LogP) is 3.04. The first-order valence-electron chi connectivity index (χ1n) is 13.3. The second-order valence-electron chi connectivity index (χ2n) is 10.2. The fourth-order valence-electron chi connectivity index (χ4n) is 4.57. The predicted molar refractivity (Wildman–Crippen MR) is 159 cm³/mol. The van der Waals surface area contributed by atoms with E-state index in [1.807, 2.05) is 50.5 Å². The van der Waals surface area contributed by atoms with Gasteiger partial charge in [0.25, 0.3) is 0 Å². The molecule has 1 fully saturated rings. The van der Waals surface area contributed by atoms with E-state index in [0.717, 1.165) is 21.7 Å². The number of thiazole rings is 1. The maximum Gasteiger partial charge on any atom is 0.247 e. The van der Waals surface area contributed by atoms with Gasteiger partial charge in [-0.05, 0) is 37.4 Å². The van der Waals surface area contributed by atoms with Gasteiger partial charge in [-0.25, -0.2) is 4.98 Å². The summed E-state index contributed by atoms with van der Waals surface area (Å²) in [6.07, 6.45) is -0.740. The van der Waals surface area contributed by atoms with Gasteiger partial charge in [0.2, 0.25) is 17.7 Å². The highest BCUT2D eigenvalue weighted by Gasteiger charge is 2.45.